The molecule has 1 aliphatic rings. The Morgan fingerprint density at radius 3 is 2.76 bits per heavy atom. The van der Waals surface area contributed by atoms with E-state index >= 15 is 0 Å². The summed E-state index contributed by atoms with van der Waals surface area (Å²) in [6.45, 7) is 4.47. The number of piperidine rings is 1. The van der Waals surface area contributed by atoms with Crippen LogP contribution < -0.4 is 4.74 Å². The monoisotopic (exact) mass is 343 g/mol. The Kier molecular flexibility index (Phi) is 5.38. The van der Waals surface area contributed by atoms with Crippen LogP contribution in [0.3, 0.4) is 0 Å². The molecule has 1 aromatic heterocycles. The van der Waals surface area contributed by atoms with Crippen LogP contribution >= 0.6 is 0 Å². The Balaban J connectivity index is 1.71. The number of carboxylic acid groups (broad SMARTS) is 1. The largest absolute Gasteiger partial charge is 0.497 e. The molecule has 1 atom stereocenters. The van der Waals surface area contributed by atoms with Crippen molar-refractivity contribution in [3.63, 3.8) is 0 Å². The lowest BCUT2D eigenvalue weighted by Crippen LogP contribution is -2.39. The van der Waals surface area contributed by atoms with Crippen LogP contribution in [0.25, 0.3) is 0 Å². The fourth-order valence-corrected chi connectivity index (χ4v) is 3.58. The Bertz CT molecular complexity index is 720. The zero-order valence-electron chi connectivity index (χ0n) is 14.8. The third kappa shape index (κ3) is 3.85. The van der Waals surface area contributed by atoms with Gasteiger partial charge < -0.3 is 9.84 Å². The van der Waals surface area contributed by atoms with Gasteiger partial charge in [-0.15, -0.1) is 0 Å². The average molecular weight is 343 g/mol. The van der Waals surface area contributed by atoms with Gasteiger partial charge in [-0.3, -0.25) is 14.4 Å². The van der Waals surface area contributed by atoms with E-state index in [1.165, 1.54) is 5.56 Å². The SMILES string of the molecule is CCn1cc(C2CCN(C(C(=O)O)c3cccc(OC)c3)CC2)cn1. The molecule has 1 unspecified atom stereocenters. The van der Waals surface area contributed by atoms with E-state index in [2.05, 4.69) is 23.1 Å². The van der Waals surface area contributed by atoms with Gasteiger partial charge in [-0.05, 0) is 62.0 Å². The Labute approximate surface area is 148 Å². The lowest BCUT2D eigenvalue weighted by molar-refractivity contribution is -0.144. The molecule has 6 nitrogen and oxygen atoms in total. The van der Waals surface area contributed by atoms with Crippen molar-refractivity contribution in [1.29, 1.82) is 0 Å². The lowest BCUT2D eigenvalue weighted by atomic mass is 9.90. The summed E-state index contributed by atoms with van der Waals surface area (Å²) in [4.78, 5) is 14.0. The van der Waals surface area contributed by atoms with Crippen molar-refractivity contribution in [2.24, 2.45) is 0 Å². The second-order valence-electron chi connectivity index (χ2n) is 6.46. The summed E-state index contributed by atoms with van der Waals surface area (Å²) in [5, 5.41) is 14.1. The minimum atomic E-state index is -0.814. The van der Waals surface area contributed by atoms with Crippen molar-refractivity contribution >= 4 is 5.97 Å². The summed E-state index contributed by atoms with van der Waals surface area (Å²) in [5.74, 6) is 0.326. The standard InChI is InChI=1S/C19H25N3O3/c1-3-22-13-16(12-20-22)14-7-9-21(10-8-14)18(19(23)24)15-5-4-6-17(11-15)25-2/h4-6,11-14,18H,3,7-10H2,1-2H3,(H,23,24). The van der Waals surface area contributed by atoms with Crippen LogP contribution in [0, 0.1) is 0 Å². The summed E-state index contributed by atoms with van der Waals surface area (Å²) in [5.41, 5.74) is 2.03. The van der Waals surface area contributed by atoms with Gasteiger partial charge in [0, 0.05) is 12.7 Å². The number of carbonyl (C=O) groups is 1. The topological polar surface area (TPSA) is 67.6 Å². The van der Waals surface area contributed by atoms with E-state index in [4.69, 9.17) is 4.74 Å². The maximum absolute atomic E-state index is 11.9. The van der Waals surface area contributed by atoms with E-state index < -0.39 is 12.0 Å². The smallest absolute Gasteiger partial charge is 0.325 e. The highest BCUT2D eigenvalue weighted by Gasteiger charge is 2.31. The van der Waals surface area contributed by atoms with Crippen LogP contribution in [0.2, 0.25) is 0 Å². The molecule has 0 bridgehead atoms. The van der Waals surface area contributed by atoms with Gasteiger partial charge in [-0.25, -0.2) is 0 Å². The number of likely N-dealkylation sites (tertiary alicyclic amines) is 1. The molecule has 0 spiro atoms. The molecule has 1 N–H and O–H groups in total. The number of methoxy groups -OCH3 is 1. The second kappa shape index (κ2) is 7.70. The summed E-state index contributed by atoms with van der Waals surface area (Å²) in [7, 11) is 1.59. The highest BCUT2D eigenvalue weighted by atomic mass is 16.5. The predicted molar refractivity (Wildman–Crippen MR) is 94.8 cm³/mol. The number of aliphatic carboxylic acids is 1. The van der Waals surface area contributed by atoms with E-state index in [1.807, 2.05) is 35.1 Å². The van der Waals surface area contributed by atoms with Crippen molar-refractivity contribution in [3.05, 3.63) is 47.8 Å². The minimum absolute atomic E-state index is 0.455. The van der Waals surface area contributed by atoms with Gasteiger partial charge in [0.15, 0.2) is 0 Å². The van der Waals surface area contributed by atoms with Crippen molar-refractivity contribution in [2.75, 3.05) is 20.2 Å². The van der Waals surface area contributed by atoms with Crippen molar-refractivity contribution in [1.82, 2.24) is 14.7 Å². The molecule has 1 aliphatic heterocycles. The van der Waals surface area contributed by atoms with Crippen molar-refractivity contribution in [3.8, 4) is 5.75 Å². The molecule has 1 fully saturated rings. The normalized spacial score (nSPS) is 17.4. The first-order valence-electron chi connectivity index (χ1n) is 8.75. The van der Waals surface area contributed by atoms with Crippen LogP contribution in [0.1, 0.15) is 42.9 Å². The maximum atomic E-state index is 11.9. The highest BCUT2D eigenvalue weighted by Crippen LogP contribution is 2.33. The molecule has 134 valence electrons. The average Bonchev–Trinajstić information content (AvgIpc) is 3.11. The van der Waals surface area contributed by atoms with E-state index in [-0.39, 0.29) is 0 Å². The minimum Gasteiger partial charge on any atom is -0.497 e. The number of hydrogen-bond donors (Lipinski definition) is 1. The Morgan fingerprint density at radius 1 is 1.40 bits per heavy atom. The van der Waals surface area contributed by atoms with Gasteiger partial charge in [-0.1, -0.05) is 12.1 Å². The zero-order chi connectivity index (χ0) is 17.8. The Morgan fingerprint density at radius 2 is 2.16 bits per heavy atom. The number of benzene rings is 1. The number of carboxylic acids is 1. The van der Waals surface area contributed by atoms with Crippen LogP contribution in [-0.4, -0.2) is 46.0 Å². The molecule has 0 saturated carbocycles. The number of aryl methyl sites for hydroxylation is 1. The highest BCUT2D eigenvalue weighted by molar-refractivity contribution is 5.75. The first kappa shape index (κ1) is 17.5. The lowest BCUT2D eigenvalue weighted by Gasteiger charge is -2.35. The molecular weight excluding hydrogens is 318 g/mol. The van der Waals surface area contributed by atoms with Gasteiger partial charge in [0.1, 0.15) is 11.8 Å². The molecule has 2 heterocycles. The predicted octanol–water partition coefficient (Wildman–Crippen LogP) is 2.92. The van der Waals surface area contributed by atoms with Crippen LogP contribution in [0.15, 0.2) is 36.7 Å². The first-order valence-corrected chi connectivity index (χ1v) is 8.75. The van der Waals surface area contributed by atoms with E-state index in [0.29, 0.717) is 11.7 Å². The van der Waals surface area contributed by atoms with Gasteiger partial charge in [0.05, 0.1) is 13.3 Å². The van der Waals surface area contributed by atoms with Crippen LogP contribution in [0.4, 0.5) is 0 Å². The molecular formula is C19H25N3O3. The zero-order valence-corrected chi connectivity index (χ0v) is 14.8. The fourth-order valence-electron chi connectivity index (χ4n) is 3.58. The number of hydrogen-bond acceptors (Lipinski definition) is 4. The van der Waals surface area contributed by atoms with Crippen molar-refractivity contribution < 1.29 is 14.6 Å². The van der Waals surface area contributed by atoms with Crippen LogP contribution in [-0.2, 0) is 11.3 Å². The summed E-state index contributed by atoms with van der Waals surface area (Å²) < 4.78 is 7.18. The molecule has 2 aromatic rings. The molecule has 0 amide bonds. The summed E-state index contributed by atoms with van der Waals surface area (Å²) in [6, 6.07) is 6.72. The summed E-state index contributed by atoms with van der Waals surface area (Å²) >= 11 is 0. The molecule has 0 radical (unpaired) electrons. The molecule has 1 aromatic carbocycles. The van der Waals surface area contributed by atoms with Gasteiger partial charge >= 0.3 is 5.97 Å². The third-order valence-electron chi connectivity index (χ3n) is 4.99. The number of aromatic nitrogens is 2. The van der Waals surface area contributed by atoms with E-state index in [1.54, 1.807) is 7.11 Å². The van der Waals surface area contributed by atoms with Gasteiger partial charge in [0.2, 0.25) is 0 Å². The summed E-state index contributed by atoms with van der Waals surface area (Å²) in [6.07, 6.45) is 5.95. The molecule has 3 rings (SSSR count). The van der Waals surface area contributed by atoms with Crippen LogP contribution in [0.5, 0.6) is 5.75 Å². The fraction of sp³-hybridized carbons (Fsp3) is 0.474. The number of rotatable bonds is 6. The molecule has 6 heteroatoms. The molecule has 25 heavy (non-hydrogen) atoms. The Hall–Kier alpha value is -2.34. The maximum Gasteiger partial charge on any atom is 0.325 e. The van der Waals surface area contributed by atoms with Gasteiger partial charge in [-0.2, -0.15) is 5.10 Å². The van der Waals surface area contributed by atoms with Crippen molar-refractivity contribution in [2.45, 2.75) is 38.3 Å². The third-order valence-corrected chi connectivity index (χ3v) is 4.99. The van der Waals surface area contributed by atoms with E-state index in [9.17, 15) is 9.90 Å². The quantitative estimate of drug-likeness (QED) is 0.873. The molecule has 0 aliphatic carbocycles. The number of ether oxygens (including phenoxy) is 1. The number of nitrogens with zero attached hydrogens (tertiary/aromatic N) is 3. The second-order valence-corrected chi connectivity index (χ2v) is 6.46. The first-order chi connectivity index (χ1) is 12.1. The molecule has 1 saturated heterocycles. The van der Waals surface area contributed by atoms with Gasteiger partial charge in [0.25, 0.3) is 0 Å². The van der Waals surface area contributed by atoms with E-state index in [0.717, 1.165) is 38.0 Å².